The van der Waals surface area contributed by atoms with Crippen molar-refractivity contribution >= 4 is 0 Å². The molecule has 136 valence electrons. The lowest BCUT2D eigenvalue weighted by molar-refractivity contribution is -0.847. The molecule has 0 rings (SSSR count). The molecule has 0 spiro atoms. The van der Waals surface area contributed by atoms with E-state index in [2.05, 4.69) is 0 Å². The molecular formula is C7H11FN6O10. The van der Waals surface area contributed by atoms with E-state index in [0.717, 1.165) is 0 Å². The number of rotatable bonds is 11. The van der Waals surface area contributed by atoms with E-state index >= 15 is 0 Å². The molecule has 0 radical (unpaired) electrons. The summed E-state index contributed by atoms with van der Waals surface area (Å²) in [5.41, 5.74) is -3.18. The Morgan fingerprint density at radius 3 is 1.50 bits per heavy atom. The first-order chi connectivity index (χ1) is 10.8. The molecular weight excluding hydrogens is 347 g/mol. The molecule has 24 heavy (non-hydrogen) atoms. The van der Waals surface area contributed by atoms with Crippen LogP contribution in [0.2, 0.25) is 0 Å². The van der Waals surface area contributed by atoms with Gasteiger partial charge < -0.3 is 0 Å². The van der Waals surface area contributed by atoms with E-state index in [1.165, 1.54) is 6.92 Å². The third-order valence-corrected chi connectivity index (χ3v) is 2.94. The average molecular weight is 358 g/mol. The van der Waals surface area contributed by atoms with Crippen LogP contribution in [0.4, 0.5) is 4.39 Å². The van der Waals surface area contributed by atoms with Crippen LogP contribution >= 0.6 is 0 Å². The molecule has 0 aromatic heterocycles. The molecule has 0 fully saturated rings. The fourth-order valence-corrected chi connectivity index (χ4v) is 1.72. The van der Waals surface area contributed by atoms with Gasteiger partial charge in [0.05, 0.1) is 6.42 Å². The van der Waals surface area contributed by atoms with Crippen LogP contribution in [0.1, 0.15) is 19.8 Å². The Balaban J connectivity index is 5.88. The molecule has 0 N–H and O–H groups in total. The number of nitro groups is 5. The first-order valence-electron chi connectivity index (χ1n) is 6.01. The predicted molar refractivity (Wildman–Crippen MR) is 68.0 cm³/mol. The van der Waals surface area contributed by atoms with E-state index in [4.69, 9.17) is 0 Å². The highest BCUT2D eigenvalue weighted by Crippen LogP contribution is 2.23. The van der Waals surface area contributed by atoms with Gasteiger partial charge in [0.2, 0.25) is 6.54 Å². The van der Waals surface area contributed by atoms with Gasteiger partial charge in [-0.2, -0.15) is 0 Å². The third-order valence-electron chi connectivity index (χ3n) is 2.94. The normalized spacial score (nSPS) is 11.6. The Hall–Kier alpha value is -3.27. The first-order valence-corrected chi connectivity index (χ1v) is 6.01. The highest BCUT2D eigenvalue weighted by Gasteiger charge is 2.66. The van der Waals surface area contributed by atoms with Crippen LogP contribution in [-0.4, -0.2) is 54.4 Å². The van der Waals surface area contributed by atoms with Crippen molar-refractivity contribution in [1.82, 2.24) is 5.01 Å². The number of alkyl halides is 1. The fraction of sp³-hybridized carbons (Fsp3) is 1.00. The minimum Gasteiger partial charge on any atom is -0.258 e. The van der Waals surface area contributed by atoms with E-state index in [1.54, 1.807) is 0 Å². The van der Waals surface area contributed by atoms with E-state index in [1.807, 2.05) is 0 Å². The summed E-state index contributed by atoms with van der Waals surface area (Å²) in [6.07, 6.45) is -1.01. The number of nitrogens with zero attached hydrogens (tertiary/aromatic N) is 6. The van der Waals surface area contributed by atoms with Gasteiger partial charge in [0.15, 0.2) is 5.03 Å². The van der Waals surface area contributed by atoms with Crippen molar-refractivity contribution in [3.05, 3.63) is 50.6 Å². The Bertz CT molecular complexity index is 540. The van der Waals surface area contributed by atoms with Crippen molar-refractivity contribution in [2.24, 2.45) is 0 Å². The van der Waals surface area contributed by atoms with Crippen molar-refractivity contribution in [2.75, 3.05) is 13.1 Å². The Morgan fingerprint density at radius 2 is 1.25 bits per heavy atom. The van der Waals surface area contributed by atoms with E-state index in [9.17, 15) is 55.0 Å². The van der Waals surface area contributed by atoms with E-state index < -0.39 is 60.8 Å². The quantitative estimate of drug-likeness (QED) is 0.202. The zero-order chi connectivity index (χ0) is 19.3. The highest BCUT2D eigenvalue weighted by atomic mass is 19.2. The molecule has 0 saturated heterocycles. The standard InChI is InChI=1S/C7H11FN6O10/c1-2-3-6(10(15)16,11(17)18)4-9(14(23)24)5-7(8,12(19)20)13(21)22/h2-5H2,1H3. The average Bonchev–Trinajstić information content (AvgIpc) is 2.44. The van der Waals surface area contributed by atoms with Crippen LogP contribution < -0.4 is 0 Å². The largest absolute Gasteiger partial charge is 0.637 e. The van der Waals surface area contributed by atoms with Crippen LogP contribution in [0.25, 0.3) is 0 Å². The first kappa shape index (κ1) is 20.7. The van der Waals surface area contributed by atoms with Crippen molar-refractivity contribution in [3.8, 4) is 0 Å². The summed E-state index contributed by atoms with van der Waals surface area (Å²) in [6, 6.07) is 0. The molecule has 0 amide bonds. The Kier molecular flexibility index (Phi) is 6.33. The zero-order valence-electron chi connectivity index (χ0n) is 12.0. The second kappa shape index (κ2) is 7.33. The van der Waals surface area contributed by atoms with Crippen LogP contribution in [0, 0.1) is 50.6 Å². The lowest BCUT2D eigenvalue weighted by atomic mass is 10.1. The fourth-order valence-electron chi connectivity index (χ4n) is 1.72. The van der Waals surface area contributed by atoms with Gasteiger partial charge >= 0.3 is 11.6 Å². The van der Waals surface area contributed by atoms with Gasteiger partial charge in [-0.25, -0.2) is 10.1 Å². The maximum absolute atomic E-state index is 13.7. The minimum atomic E-state index is -4.57. The Morgan fingerprint density at radius 1 is 0.833 bits per heavy atom. The summed E-state index contributed by atoms with van der Waals surface area (Å²) in [5, 5.41) is 51.5. The van der Waals surface area contributed by atoms with Gasteiger partial charge in [0.1, 0.15) is 19.7 Å². The second-order valence-electron chi connectivity index (χ2n) is 4.54. The second-order valence-corrected chi connectivity index (χ2v) is 4.54. The topological polar surface area (TPSA) is 219 Å². The SMILES string of the molecule is CCCC(CN(CC(F)([N+](=O)[O-])[N+](=O)[O-])[N+](=O)[O-])([N+](=O)[O-])[N+](=O)[O-]. The van der Waals surface area contributed by atoms with Gasteiger partial charge in [0, 0.05) is 0 Å². The number of hydrogen-bond donors (Lipinski definition) is 0. The van der Waals surface area contributed by atoms with Crippen molar-refractivity contribution in [2.45, 2.75) is 31.3 Å². The Labute approximate surface area is 130 Å². The summed E-state index contributed by atoms with van der Waals surface area (Å²) in [7, 11) is 0. The van der Waals surface area contributed by atoms with Crippen molar-refractivity contribution in [3.63, 3.8) is 0 Å². The third kappa shape index (κ3) is 3.93. The molecule has 0 unspecified atom stereocenters. The van der Waals surface area contributed by atoms with Gasteiger partial charge in [-0.3, -0.25) is 40.5 Å². The summed E-state index contributed by atoms with van der Waals surface area (Å²) in [6.45, 7) is -2.58. The van der Waals surface area contributed by atoms with Crippen molar-refractivity contribution < 1.29 is 29.1 Å². The predicted octanol–water partition coefficient (Wildman–Crippen LogP) is -0.293. The maximum Gasteiger partial charge on any atom is 0.637 e. The van der Waals surface area contributed by atoms with Crippen LogP contribution in [0.15, 0.2) is 0 Å². The molecule has 0 aliphatic heterocycles. The number of halogens is 1. The monoisotopic (exact) mass is 358 g/mol. The molecule has 0 atom stereocenters. The number of hydrazine groups is 1. The summed E-state index contributed by atoms with van der Waals surface area (Å²) in [5.74, 6) is -4.57. The molecule has 0 aliphatic carbocycles. The lowest BCUT2D eigenvalue weighted by Gasteiger charge is -2.21. The molecule has 0 bridgehead atoms. The zero-order valence-corrected chi connectivity index (χ0v) is 12.0. The maximum atomic E-state index is 13.7. The molecule has 0 aliphatic rings. The van der Waals surface area contributed by atoms with Crippen LogP contribution in [0.5, 0.6) is 0 Å². The van der Waals surface area contributed by atoms with Gasteiger partial charge in [-0.1, -0.05) is 16.3 Å². The van der Waals surface area contributed by atoms with E-state index in [0.29, 0.717) is 0 Å². The highest BCUT2D eigenvalue weighted by molar-refractivity contribution is 4.71. The van der Waals surface area contributed by atoms with Crippen LogP contribution in [0.3, 0.4) is 0 Å². The van der Waals surface area contributed by atoms with Crippen LogP contribution in [-0.2, 0) is 0 Å². The molecule has 0 aromatic rings. The summed E-state index contributed by atoms with van der Waals surface area (Å²) in [4.78, 5) is 46.6. The van der Waals surface area contributed by atoms with Crippen molar-refractivity contribution in [1.29, 1.82) is 0 Å². The van der Waals surface area contributed by atoms with Gasteiger partial charge in [-0.05, 0) is 6.42 Å². The smallest absolute Gasteiger partial charge is 0.258 e. The number of hydrogen-bond acceptors (Lipinski definition) is 10. The molecule has 0 aromatic carbocycles. The van der Waals surface area contributed by atoms with Gasteiger partial charge in [0.25, 0.3) is 6.54 Å². The van der Waals surface area contributed by atoms with Gasteiger partial charge in [-0.15, -0.1) is 0 Å². The summed E-state index contributed by atoms with van der Waals surface area (Å²) < 4.78 is 13.7. The van der Waals surface area contributed by atoms with E-state index in [-0.39, 0.29) is 6.42 Å². The summed E-state index contributed by atoms with van der Waals surface area (Å²) >= 11 is 0. The minimum absolute atomic E-state index is 0.182. The molecule has 16 nitrogen and oxygen atoms in total. The molecule has 0 saturated carbocycles. The lowest BCUT2D eigenvalue weighted by Crippen LogP contribution is -2.60. The molecule has 0 heterocycles. The molecule has 17 heteroatoms.